The molecular formula is C24H25N5O5. The minimum absolute atomic E-state index is 0.284. The van der Waals surface area contributed by atoms with Crippen LogP contribution < -0.4 is 20.7 Å². The summed E-state index contributed by atoms with van der Waals surface area (Å²) in [5.41, 5.74) is 2.72. The van der Waals surface area contributed by atoms with Gasteiger partial charge < -0.3 is 29.7 Å². The Balaban J connectivity index is 1.76. The minimum atomic E-state index is -0.673. The molecule has 0 aliphatic carbocycles. The molecule has 3 aromatic rings. The SMILES string of the molecule is COc1ccc(C2C(C(=O)Nc3cc(C)on3)=C(C)NC(C)=C2C(=O)Nc2cc(C)on2)cc1. The van der Waals surface area contributed by atoms with Gasteiger partial charge in [0.05, 0.1) is 7.11 Å². The fourth-order valence-electron chi connectivity index (χ4n) is 3.94. The fourth-order valence-corrected chi connectivity index (χ4v) is 3.94. The Bertz CT molecular complexity index is 1220. The molecule has 10 heteroatoms. The van der Waals surface area contributed by atoms with Crippen molar-refractivity contribution < 1.29 is 23.4 Å². The first-order valence-corrected chi connectivity index (χ1v) is 10.6. The van der Waals surface area contributed by atoms with Crippen LogP contribution in [-0.4, -0.2) is 29.2 Å². The van der Waals surface area contributed by atoms with Crippen molar-refractivity contribution in [3.63, 3.8) is 0 Å². The molecule has 0 unspecified atom stereocenters. The maximum atomic E-state index is 13.4. The molecule has 1 aliphatic rings. The quantitative estimate of drug-likeness (QED) is 0.503. The second-order valence-electron chi connectivity index (χ2n) is 7.96. The van der Waals surface area contributed by atoms with Crippen LogP contribution in [0.1, 0.15) is 36.8 Å². The predicted octanol–water partition coefficient (Wildman–Crippen LogP) is 3.80. The highest BCUT2D eigenvalue weighted by atomic mass is 16.5. The van der Waals surface area contributed by atoms with E-state index in [1.807, 2.05) is 12.1 Å². The molecule has 34 heavy (non-hydrogen) atoms. The number of rotatable bonds is 6. The first-order chi connectivity index (χ1) is 16.3. The van der Waals surface area contributed by atoms with Crippen molar-refractivity contribution in [1.82, 2.24) is 15.6 Å². The summed E-state index contributed by atoms with van der Waals surface area (Å²) in [6.07, 6.45) is 0. The molecule has 0 radical (unpaired) electrons. The molecule has 1 aliphatic heterocycles. The normalized spacial score (nSPS) is 14.1. The number of nitrogens with one attached hydrogen (secondary N) is 3. The van der Waals surface area contributed by atoms with Crippen molar-refractivity contribution in [3.8, 4) is 5.75 Å². The second-order valence-corrected chi connectivity index (χ2v) is 7.96. The van der Waals surface area contributed by atoms with Crippen LogP contribution in [0, 0.1) is 13.8 Å². The Hall–Kier alpha value is -4.34. The van der Waals surface area contributed by atoms with Gasteiger partial charge in [-0.15, -0.1) is 0 Å². The number of nitrogens with zero attached hydrogens (tertiary/aromatic N) is 2. The molecule has 2 amide bonds. The molecule has 0 atom stereocenters. The molecule has 3 N–H and O–H groups in total. The Morgan fingerprint density at radius 3 is 1.71 bits per heavy atom. The predicted molar refractivity (Wildman–Crippen MR) is 124 cm³/mol. The number of anilines is 2. The monoisotopic (exact) mass is 463 g/mol. The number of methoxy groups -OCH3 is 1. The average Bonchev–Trinajstić information content (AvgIpc) is 3.40. The van der Waals surface area contributed by atoms with Crippen LogP contribution in [0.3, 0.4) is 0 Å². The van der Waals surface area contributed by atoms with Crippen LogP contribution in [0.2, 0.25) is 0 Å². The third kappa shape index (κ3) is 4.56. The minimum Gasteiger partial charge on any atom is -0.497 e. The molecule has 0 saturated heterocycles. The summed E-state index contributed by atoms with van der Waals surface area (Å²) >= 11 is 0. The largest absolute Gasteiger partial charge is 0.497 e. The molecule has 1 aromatic carbocycles. The van der Waals surface area contributed by atoms with E-state index in [-0.39, 0.29) is 11.6 Å². The number of amides is 2. The highest BCUT2D eigenvalue weighted by Gasteiger charge is 2.37. The number of carbonyl (C=O) groups excluding carboxylic acids is 2. The lowest BCUT2D eigenvalue weighted by Gasteiger charge is -2.31. The highest BCUT2D eigenvalue weighted by molar-refractivity contribution is 6.11. The van der Waals surface area contributed by atoms with E-state index in [0.29, 0.717) is 39.8 Å². The standard InChI is InChI=1S/C24H25N5O5/c1-12-10-18(28-33-12)26-23(30)20-14(3)25-15(4)21(24(31)27-19-11-13(2)34-29-19)22(20)16-6-8-17(32-5)9-7-16/h6-11,22,25H,1-5H3,(H,26,28,30)(H,27,29,31). The molecule has 0 bridgehead atoms. The van der Waals surface area contributed by atoms with E-state index in [9.17, 15) is 9.59 Å². The van der Waals surface area contributed by atoms with Gasteiger partial charge in [-0.3, -0.25) is 9.59 Å². The number of hydrogen-bond acceptors (Lipinski definition) is 8. The maximum Gasteiger partial charge on any atom is 0.255 e. The summed E-state index contributed by atoms with van der Waals surface area (Å²) in [6, 6.07) is 10.5. The zero-order valence-electron chi connectivity index (χ0n) is 19.5. The number of allylic oxidation sites excluding steroid dienone is 2. The lowest BCUT2D eigenvalue weighted by molar-refractivity contribution is -0.113. The first kappa shape index (κ1) is 22.8. The number of aromatic nitrogens is 2. The van der Waals surface area contributed by atoms with Crippen LogP contribution >= 0.6 is 0 Å². The summed E-state index contributed by atoms with van der Waals surface area (Å²) in [6.45, 7) is 7.04. The summed E-state index contributed by atoms with van der Waals surface area (Å²) in [4.78, 5) is 26.9. The summed E-state index contributed by atoms with van der Waals surface area (Å²) < 4.78 is 15.4. The third-order valence-corrected chi connectivity index (χ3v) is 5.44. The number of hydrogen-bond donors (Lipinski definition) is 3. The van der Waals surface area contributed by atoms with Gasteiger partial charge in [-0.25, -0.2) is 0 Å². The van der Waals surface area contributed by atoms with Gasteiger partial charge in [-0.2, -0.15) is 0 Å². The van der Waals surface area contributed by atoms with Gasteiger partial charge in [0, 0.05) is 40.6 Å². The lowest BCUT2D eigenvalue weighted by Crippen LogP contribution is -2.35. The van der Waals surface area contributed by atoms with E-state index in [0.717, 1.165) is 5.56 Å². The molecule has 2 aromatic heterocycles. The van der Waals surface area contributed by atoms with E-state index in [4.69, 9.17) is 13.8 Å². The summed E-state index contributed by atoms with van der Waals surface area (Å²) in [5.74, 6) is 0.864. The number of dihydropyridines is 1. The Kier molecular flexibility index (Phi) is 6.22. The van der Waals surface area contributed by atoms with Crippen LogP contribution in [0.4, 0.5) is 11.6 Å². The Morgan fingerprint density at radius 1 is 0.853 bits per heavy atom. The number of carbonyl (C=O) groups is 2. The zero-order chi connectivity index (χ0) is 24.4. The zero-order valence-corrected chi connectivity index (χ0v) is 19.5. The van der Waals surface area contributed by atoms with E-state index in [1.165, 1.54) is 0 Å². The van der Waals surface area contributed by atoms with Crippen molar-refractivity contribution >= 4 is 23.5 Å². The van der Waals surface area contributed by atoms with E-state index >= 15 is 0 Å². The Morgan fingerprint density at radius 2 is 1.32 bits per heavy atom. The van der Waals surface area contributed by atoms with Gasteiger partial charge in [-0.1, -0.05) is 22.4 Å². The number of aryl methyl sites for hydroxylation is 2. The maximum absolute atomic E-state index is 13.4. The number of benzene rings is 1. The van der Waals surface area contributed by atoms with Crippen LogP contribution in [0.25, 0.3) is 0 Å². The lowest BCUT2D eigenvalue weighted by atomic mass is 9.79. The van der Waals surface area contributed by atoms with Crippen molar-refractivity contribution in [2.75, 3.05) is 17.7 Å². The molecule has 0 saturated carbocycles. The van der Waals surface area contributed by atoms with Gasteiger partial charge in [-0.05, 0) is 45.4 Å². The fraction of sp³-hybridized carbons (Fsp3) is 0.250. The molecule has 10 nitrogen and oxygen atoms in total. The van der Waals surface area contributed by atoms with E-state index in [2.05, 4.69) is 26.3 Å². The molecular weight excluding hydrogens is 438 g/mol. The third-order valence-electron chi connectivity index (χ3n) is 5.44. The van der Waals surface area contributed by atoms with Crippen LogP contribution in [0.15, 0.2) is 68.0 Å². The molecule has 0 spiro atoms. The van der Waals surface area contributed by atoms with E-state index < -0.39 is 17.7 Å². The molecule has 176 valence electrons. The summed E-state index contributed by atoms with van der Waals surface area (Å²) in [7, 11) is 1.57. The molecule has 4 rings (SSSR count). The molecule has 3 heterocycles. The van der Waals surface area contributed by atoms with Crippen molar-refractivity contribution in [2.45, 2.75) is 33.6 Å². The smallest absolute Gasteiger partial charge is 0.255 e. The van der Waals surface area contributed by atoms with Gasteiger partial charge >= 0.3 is 0 Å². The Labute approximate surface area is 196 Å². The van der Waals surface area contributed by atoms with Gasteiger partial charge in [0.25, 0.3) is 11.8 Å². The summed E-state index contributed by atoms with van der Waals surface area (Å²) in [5, 5.41) is 16.4. The van der Waals surface area contributed by atoms with Gasteiger partial charge in [0.1, 0.15) is 17.3 Å². The number of ether oxygens (including phenoxy) is 1. The van der Waals surface area contributed by atoms with Gasteiger partial charge in [0.2, 0.25) is 0 Å². The van der Waals surface area contributed by atoms with E-state index in [1.54, 1.807) is 59.1 Å². The topological polar surface area (TPSA) is 132 Å². The van der Waals surface area contributed by atoms with Crippen molar-refractivity contribution in [3.05, 3.63) is 76.0 Å². The van der Waals surface area contributed by atoms with Crippen molar-refractivity contribution in [1.29, 1.82) is 0 Å². The highest BCUT2D eigenvalue weighted by Crippen LogP contribution is 2.39. The van der Waals surface area contributed by atoms with Gasteiger partial charge in [0.15, 0.2) is 11.6 Å². The van der Waals surface area contributed by atoms with Crippen LogP contribution in [0.5, 0.6) is 5.75 Å². The van der Waals surface area contributed by atoms with Crippen molar-refractivity contribution in [2.24, 2.45) is 0 Å². The first-order valence-electron chi connectivity index (χ1n) is 10.6. The second kappa shape index (κ2) is 9.26. The molecule has 0 fully saturated rings. The van der Waals surface area contributed by atoms with Crippen LogP contribution in [-0.2, 0) is 9.59 Å². The average molecular weight is 463 g/mol.